The summed E-state index contributed by atoms with van der Waals surface area (Å²) in [4.78, 5) is 22.2. The Hall–Kier alpha value is -3.85. The highest BCUT2D eigenvalue weighted by Crippen LogP contribution is 2.35. The summed E-state index contributed by atoms with van der Waals surface area (Å²) in [5.74, 6) is 0.853. The van der Waals surface area contributed by atoms with Gasteiger partial charge in [0.25, 0.3) is 0 Å². The average Bonchev–Trinajstić information content (AvgIpc) is 3.28. The van der Waals surface area contributed by atoms with Crippen molar-refractivity contribution in [2.75, 3.05) is 43.7 Å². The summed E-state index contributed by atoms with van der Waals surface area (Å²) < 4.78 is 27.0. The highest BCUT2D eigenvalue weighted by Gasteiger charge is 2.29. The fourth-order valence-electron chi connectivity index (χ4n) is 4.95. The van der Waals surface area contributed by atoms with E-state index in [1.54, 1.807) is 18.2 Å². The molecule has 4 aromatic rings. The molecule has 0 spiro atoms. The Balaban J connectivity index is 1.44. The first kappa shape index (κ1) is 24.8. The predicted molar refractivity (Wildman–Crippen MR) is 147 cm³/mol. The zero-order chi connectivity index (χ0) is 26.2. The molecule has 8 nitrogen and oxygen atoms in total. The van der Waals surface area contributed by atoms with E-state index in [1.165, 1.54) is 6.26 Å². The molecule has 2 aromatic carbocycles. The summed E-state index contributed by atoms with van der Waals surface area (Å²) in [7, 11) is 0.520. The van der Waals surface area contributed by atoms with Crippen molar-refractivity contribution in [3.05, 3.63) is 78.8 Å². The van der Waals surface area contributed by atoms with Gasteiger partial charge in [-0.15, -0.1) is 0 Å². The van der Waals surface area contributed by atoms with Crippen LogP contribution in [0.3, 0.4) is 0 Å². The van der Waals surface area contributed by atoms with E-state index in [-0.39, 0.29) is 16.8 Å². The summed E-state index contributed by atoms with van der Waals surface area (Å²) in [5, 5.41) is 3.02. The molecule has 0 bridgehead atoms. The van der Waals surface area contributed by atoms with Crippen LogP contribution in [0.4, 0.5) is 16.2 Å². The van der Waals surface area contributed by atoms with Crippen LogP contribution in [0.2, 0.25) is 0 Å². The van der Waals surface area contributed by atoms with Gasteiger partial charge in [0.05, 0.1) is 16.1 Å². The van der Waals surface area contributed by atoms with Gasteiger partial charge in [-0.1, -0.05) is 24.3 Å². The van der Waals surface area contributed by atoms with Crippen LogP contribution < -0.4 is 10.2 Å². The third-order valence-electron chi connectivity index (χ3n) is 6.83. The second kappa shape index (κ2) is 9.89. The van der Waals surface area contributed by atoms with Crippen molar-refractivity contribution in [2.45, 2.75) is 23.7 Å². The van der Waals surface area contributed by atoms with E-state index in [1.807, 2.05) is 83.0 Å². The van der Waals surface area contributed by atoms with Gasteiger partial charge in [0.2, 0.25) is 0 Å². The van der Waals surface area contributed by atoms with Gasteiger partial charge < -0.3 is 19.5 Å². The van der Waals surface area contributed by atoms with Gasteiger partial charge in [-0.3, -0.25) is 0 Å². The van der Waals surface area contributed by atoms with Crippen molar-refractivity contribution in [2.24, 2.45) is 0 Å². The number of nitrogens with one attached hydrogen (secondary N) is 1. The minimum atomic E-state index is -3.44. The van der Waals surface area contributed by atoms with Crippen LogP contribution in [-0.2, 0) is 9.84 Å². The number of likely N-dealkylation sites (tertiary alicyclic amines) is 1. The second-order valence-electron chi connectivity index (χ2n) is 9.70. The number of hydrogen-bond acceptors (Lipinski definition) is 5. The Morgan fingerprint density at radius 2 is 1.76 bits per heavy atom. The Morgan fingerprint density at radius 3 is 2.49 bits per heavy atom. The number of urea groups is 1. The maximum absolute atomic E-state index is 13.1. The van der Waals surface area contributed by atoms with Gasteiger partial charge >= 0.3 is 6.03 Å². The van der Waals surface area contributed by atoms with Crippen LogP contribution in [0.25, 0.3) is 16.8 Å². The molecule has 5 rings (SSSR count). The molecular formula is C28H31N5O3S. The molecule has 37 heavy (non-hydrogen) atoms. The number of benzene rings is 2. The van der Waals surface area contributed by atoms with Gasteiger partial charge in [0.15, 0.2) is 9.84 Å². The maximum Gasteiger partial charge on any atom is 0.321 e. The number of amides is 2. The van der Waals surface area contributed by atoms with E-state index in [4.69, 9.17) is 4.98 Å². The standard InChI is InChI=1S/C28H31N5O3S/c1-31(2)22-15-13-21(14-16-22)29-28(34)32-17-8-9-20(19-32)27-30-26(24-11-6-7-18-33(24)27)23-10-4-5-12-25(23)37(3,35)36/h4-7,10-16,18,20H,8-9,17,19H2,1-3H3,(H,29,34)/t20-/m1/s1. The first-order valence-corrected chi connectivity index (χ1v) is 14.2. The molecule has 0 saturated carbocycles. The number of hydrogen-bond donors (Lipinski definition) is 1. The lowest BCUT2D eigenvalue weighted by atomic mass is 9.97. The molecule has 9 heteroatoms. The molecule has 0 radical (unpaired) electrons. The molecule has 2 amide bonds. The van der Waals surface area contributed by atoms with Crippen molar-refractivity contribution in [3.63, 3.8) is 0 Å². The van der Waals surface area contributed by atoms with E-state index in [0.717, 1.165) is 35.6 Å². The first-order chi connectivity index (χ1) is 17.7. The summed E-state index contributed by atoms with van der Waals surface area (Å²) in [6, 6.07) is 20.4. The van der Waals surface area contributed by atoms with Gasteiger partial charge in [0, 0.05) is 62.5 Å². The number of imidazole rings is 1. The van der Waals surface area contributed by atoms with E-state index in [0.29, 0.717) is 24.3 Å². The molecule has 1 fully saturated rings. The molecule has 192 valence electrons. The highest BCUT2D eigenvalue weighted by atomic mass is 32.2. The average molecular weight is 518 g/mol. The van der Waals surface area contributed by atoms with Gasteiger partial charge in [-0.05, 0) is 55.3 Å². The van der Waals surface area contributed by atoms with E-state index in [9.17, 15) is 13.2 Å². The third kappa shape index (κ3) is 5.04. The fourth-order valence-corrected chi connectivity index (χ4v) is 5.84. The molecule has 1 aliphatic rings. The molecule has 1 saturated heterocycles. The van der Waals surface area contributed by atoms with Gasteiger partial charge in [-0.2, -0.15) is 0 Å². The lowest BCUT2D eigenvalue weighted by molar-refractivity contribution is 0.191. The summed E-state index contributed by atoms with van der Waals surface area (Å²) in [6.07, 6.45) is 4.92. The number of carbonyl (C=O) groups is 1. The Kier molecular flexibility index (Phi) is 6.64. The van der Waals surface area contributed by atoms with Crippen LogP contribution in [0.15, 0.2) is 77.8 Å². The molecule has 1 N–H and O–H groups in total. The Labute approximate surface area is 217 Å². The normalized spacial score (nSPS) is 16.1. The molecule has 0 unspecified atom stereocenters. The van der Waals surface area contributed by atoms with E-state index >= 15 is 0 Å². The molecule has 0 aliphatic carbocycles. The van der Waals surface area contributed by atoms with E-state index in [2.05, 4.69) is 5.32 Å². The fraction of sp³-hybridized carbons (Fsp3) is 0.286. The zero-order valence-corrected chi connectivity index (χ0v) is 22.1. The maximum atomic E-state index is 13.1. The molecule has 1 atom stereocenters. The molecule has 1 aliphatic heterocycles. The van der Waals surface area contributed by atoms with Crippen LogP contribution >= 0.6 is 0 Å². The summed E-state index contributed by atoms with van der Waals surface area (Å²) in [5.41, 5.74) is 3.89. The number of sulfone groups is 1. The van der Waals surface area contributed by atoms with Crippen LogP contribution in [0.5, 0.6) is 0 Å². The number of carbonyl (C=O) groups excluding carboxylic acids is 1. The third-order valence-corrected chi connectivity index (χ3v) is 7.98. The van der Waals surface area contributed by atoms with Crippen molar-refractivity contribution in [1.29, 1.82) is 0 Å². The first-order valence-electron chi connectivity index (χ1n) is 12.3. The molecule has 2 aromatic heterocycles. The second-order valence-corrected chi connectivity index (χ2v) is 11.7. The molecular weight excluding hydrogens is 486 g/mol. The van der Waals surface area contributed by atoms with E-state index < -0.39 is 9.84 Å². The van der Waals surface area contributed by atoms with Crippen LogP contribution in [0.1, 0.15) is 24.6 Å². The Bertz CT molecular complexity index is 1540. The topological polar surface area (TPSA) is 87.0 Å². The van der Waals surface area contributed by atoms with Crippen molar-refractivity contribution < 1.29 is 13.2 Å². The van der Waals surface area contributed by atoms with Gasteiger partial charge in [0.1, 0.15) is 5.82 Å². The quantitative estimate of drug-likeness (QED) is 0.408. The number of pyridine rings is 1. The number of piperidine rings is 1. The summed E-state index contributed by atoms with van der Waals surface area (Å²) in [6.45, 7) is 1.20. The minimum absolute atomic E-state index is 0.0182. The van der Waals surface area contributed by atoms with Crippen molar-refractivity contribution in [3.8, 4) is 11.3 Å². The zero-order valence-electron chi connectivity index (χ0n) is 21.3. The number of fused-ring (bicyclic) bond motifs is 1. The Morgan fingerprint density at radius 1 is 1.03 bits per heavy atom. The number of aromatic nitrogens is 2. The van der Waals surface area contributed by atoms with Crippen molar-refractivity contribution in [1.82, 2.24) is 14.3 Å². The smallest absolute Gasteiger partial charge is 0.321 e. The number of nitrogens with zero attached hydrogens (tertiary/aromatic N) is 4. The molecule has 3 heterocycles. The van der Waals surface area contributed by atoms with Crippen LogP contribution in [0, 0.1) is 0 Å². The summed E-state index contributed by atoms with van der Waals surface area (Å²) >= 11 is 0. The predicted octanol–water partition coefficient (Wildman–Crippen LogP) is 4.88. The van der Waals surface area contributed by atoms with Crippen LogP contribution in [-0.4, -0.2) is 62.2 Å². The highest BCUT2D eigenvalue weighted by molar-refractivity contribution is 7.90. The largest absolute Gasteiger partial charge is 0.378 e. The lowest BCUT2D eigenvalue weighted by Gasteiger charge is -2.32. The van der Waals surface area contributed by atoms with Gasteiger partial charge in [-0.25, -0.2) is 18.2 Å². The SMILES string of the molecule is CN(C)c1ccc(NC(=O)N2CCC[C@@H](c3nc(-c4ccccc4S(C)(=O)=O)c4ccccn34)C2)cc1. The number of anilines is 2. The monoisotopic (exact) mass is 517 g/mol. The minimum Gasteiger partial charge on any atom is -0.378 e. The lowest BCUT2D eigenvalue weighted by Crippen LogP contribution is -2.42. The number of rotatable bonds is 5. The van der Waals surface area contributed by atoms with Crippen molar-refractivity contribution >= 4 is 32.8 Å².